The van der Waals surface area contributed by atoms with Crippen molar-refractivity contribution in [1.82, 2.24) is 14.6 Å². The zero-order chi connectivity index (χ0) is 11.9. The molecule has 0 saturated heterocycles. The molecule has 3 heterocycles. The standard InChI is InChI=1S/C13H9N3O2/c1-3-11-12(18-8-17-11)5-9(1)10-2-4-13-14-7-15-16(13)6-10/h1-7H,8H2. The van der Waals surface area contributed by atoms with Crippen LogP contribution in [0.25, 0.3) is 16.8 Å². The quantitative estimate of drug-likeness (QED) is 0.652. The van der Waals surface area contributed by atoms with Crippen molar-refractivity contribution in [1.29, 1.82) is 0 Å². The lowest BCUT2D eigenvalue weighted by Gasteiger charge is -2.03. The molecule has 18 heavy (non-hydrogen) atoms. The van der Waals surface area contributed by atoms with E-state index in [9.17, 15) is 0 Å². The van der Waals surface area contributed by atoms with Crippen LogP contribution in [0.2, 0.25) is 0 Å². The molecule has 1 aliphatic heterocycles. The van der Waals surface area contributed by atoms with Gasteiger partial charge < -0.3 is 9.47 Å². The summed E-state index contributed by atoms with van der Waals surface area (Å²) >= 11 is 0. The molecule has 0 fully saturated rings. The van der Waals surface area contributed by atoms with E-state index in [1.165, 1.54) is 0 Å². The number of pyridine rings is 1. The summed E-state index contributed by atoms with van der Waals surface area (Å²) in [6.07, 6.45) is 3.48. The molecule has 0 N–H and O–H groups in total. The number of benzene rings is 1. The largest absolute Gasteiger partial charge is 0.454 e. The van der Waals surface area contributed by atoms with Crippen molar-refractivity contribution >= 4 is 5.65 Å². The van der Waals surface area contributed by atoms with E-state index >= 15 is 0 Å². The molecule has 4 rings (SSSR count). The number of aromatic nitrogens is 3. The van der Waals surface area contributed by atoms with Crippen LogP contribution in [-0.4, -0.2) is 21.4 Å². The van der Waals surface area contributed by atoms with E-state index in [2.05, 4.69) is 10.1 Å². The summed E-state index contributed by atoms with van der Waals surface area (Å²) in [4.78, 5) is 4.12. The van der Waals surface area contributed by atoms with E-state index in [1.807, 2.05) is 36.5 Å². The number of ether oxygens (including phenoxy) is 2. The Kier molecular flexibility index (Phi) is 1.82. The van der Waals surface area contributed by atoms with Gasteiger partial charge in [-0.1, -0.05) is 6.07 Å². The van der Waals surface area contributed by atoms with E-state index in [1.54, 1.807) is 10.8 Å². The molecular formula is C13H9N3O2. The Morgan fingerprint density at radius 2 is 1.89 bits per heavy atom. The van der Waals surface area contributed by atoms with Crippen molar-refractivity contribution in [3.8, 4) is 22.6 Å². The van der Waals surface area contributed by atoms with E-state index in [-0.39, 0.29) is 0 Å². The van der Waals surface area contributed by atoms with Crippen LogP contribution < -0.4 is 9.47 Å². The third kappa shape index (κ3) is 1.34. The van der Waals surface area contributed by atoms with Gasteiger partial charge >= 0.3 is 0 Å². The molecule has 0 bridgehead atoms. The Labute approximate surface area is 103 Å². The Morgan fingerprint density at radius 1 is 1.00 bits per heavy atom. The summed E-state index contributed by atoms with van der Waals surface area (Å²) in [7, 11) is 0. The van der Waals surface area contributed by atoms with E-state index in [4.69, 9.17) is 9.47 Å². The highest BCUT2D eigenvalue weighted by Crippen LogP contribution is 2.35. The third-order valence-electron chi connectivity index (χ3n) is 2.98. The molecule has 88 valence electrons. The molecule has 1 aromatic carbocycles. The molecule has 0 atom stereocenters. The topological polar surface area (TPSA) is 48.7 Å². The molecule has 1 aliphatic rings. The summed E-state index contributed by atoms with van der Waals surface area (Å²) < 4.78 is 12.4. The number of nitrogens with zero attached hydrogens (tertiary/aromatic N) is 3. The first-order valence-corrected chi connectivity index (χ1v) is 5.59. The summed E-state index contributed by atoms with van der Waals surface area (Å²) in [6.45, 7) is 0.293. The molecule has 0 unspecified atom stereocenters. The molecule has 0 spiro atoms. The maximum Gasteiger partial charge on any atom is 0.231 e. The zero-order valence-corrected chi connectivity index (χ0v) is 9.41. The second-order valence-electron chi connectivity index (χ2n) is 4.05. The summed E-state index contributed by atoms with van der Waals surface area (Å²) in [5.74, 6) is 1.58. The number of hydrogen-bond acceptors (Lipinski definition) is 4. The lowest BCUT2D eigenvalue weighted by molar-refractivity contribution is 0.174. The van der Waals surface area contributed by atoms with Crippen LogP contribution in [0.3, 0.4) is 0 Å². The lowest BCUT2D eigenvalue weighted by atomic mass is 10.1. The summed E-state index contributed by atoms with van der Waals surface area (Å²) in [6, 6.07) is 9.85. The minimum atomic E-state index is 0.293. The fourth-order valence-electron chi connectivity index (χ4n) is 2.06. The maximum absolute atomic E-state index is 5.38. The monoisotopic (exact) mass is 239 g/mol. The third-order valence-corrected chi connectivity index (χ3v) is 2.98. The highest BCUT2D eigenvalue weighted by molar-refractivity contribution is 5.68. The van der Waals surface area contributed by atoms with Crippen molar-refractivity contribution in [3.63, 3.8) is 0 Å². The van der Waals surface area contributed by atoms with Crippen LogP contribution in [-0.2, 0) is 0 Å². The Morgan fingerprint density at radius 3 is 2.89 bits per heavy atom. The molecular weight excluding hydrogens is 230 g/mol. The molecule has 0 saturated carbocycles. The maximum atomic E-state index is 5.38. The van der Waals surface area contributed by atoms with Crippen LogP contribution in [0.15, 0.2) is 42.9 Å². The van der Waals surface area contributed by atoms with Gasteiger partial charge in [0.25, 0.3) is 0 Å². The smallest absolute Gasteiger partial charge is 0.231 e. The first kappa shape index (κ1) is 9.47. The zero-order valence-electron chi connectivity index (χ0n) is 9.41. The van der Waals surface area contributed by atoms with Gasteiger partial charge in [0.15, 0.2) is 17.1 Å². The van der Waals surface area contributed by atoms with Crippen LogP contribution in [0, 0.1) is 0 Å². The molecule has 5 nitrogen and oxygen atoms in total. The molecule has 0 aliphatic carbocycles. The average Bonchev–Trinajstić information content (AvgIpc) is 3.05. The fourth-order valence-corrected chi connectivity index (χ4v) is 2.06. The summed E-state index contributed by atoms with van der Waals surface area (Å²) in [5.41, 5.74) is 2.96. The van der Waals surface area contributed by atoms with Gasteiger partial charge in [-0.2, -0.15) is 5.10 Å². The lowest BCUT2D eigenvalue weighted by Crippen LogP contribution is -1.92. The first-order valence-electron chi connectivity index (χ1n) is 5.59. The van der Waals surface area contributed by atoms with Gasteiger partial charge in [0, 0.05) is 11.8 Å². The molecule has 0 radical (unpaired) electrons. The highest BCUT2D eigenvalue weighted by atomic mass is 16.7. The molecule has 3 aromatic rings. The summed E-state index contributed by atoms with van der Waals surface area (Å²) in [5, 5.41) is 4.13. The number of hydrogen-bond donors (Lipinski definition) is 0. The van der Waals surface area contributed by atoms with Crippen molar-refractivity contribution in [3.05, 3.63) is 42.9 Å². The van der Waals surface area contributed by atoms with Gasteiger partial charge in [-0.05, 0) is 29.8 Å². The van der Waals surface area contributed by atoms with E-state index in [0.717, 1.165) is 28.3 Å². The van der Waals surface area contributed by atoms with Gasteiger partial charge in [0.2, 0.25) is 6.79 Å². The van der Waals surface area contributed by atoms with Crippen molar-refractivity contribution < 1.29 is 9.47 Å². The predicted octanol–water partition coefficient (Wildman–Crippen LogP) is 2.12. The highest BCUT2D eigenvalue weighted by Gasteiger charge is 2.13. The Balaban J connectivity index is 1.86. The number of fused-ring (bicyclic) bond motifs is 2. The number of rotatable bonds is 1. The SMILES string of the molecule is c1nc2ccc(-c3ccc4c(c3)OCO4)cn2n1. The minimum Gasteiger partial charge on any atom is -0.454 e. The van der Waals surface area contributed by atoms with Crippen LogP contribution in [0.5, 0.6) is 11.5 Å². The van der Waals surface area contributed by atoms with Gasteiger partial charge in [0.05, 0.1) is 0 Å². The minimum absolute atomic E-state index is 0.293. The fraction of sp³-hybridized carbons (Fsp3) is 0.0769. The van der Waals surface area contributed by atoms with Crippen LogP contribution >= 0.6 is 0 Å². The Bertz CT molecular complexity index is 736. The normalized spacial score (nSPS) is 13.1. The van der Waals surface area contributed by atoms with Crippen molar-refractivity contribution in [2.24, 2.45) is 0 Å². The second-order valence-corrected chi connectivity index (χ2v) is 4.05. The molecule has 2 aromatic heterocycles. The molecule has 5 heteroatoms. The van der Waals surface area contributed by atoms with E-state index in [0.29, 0.717) is 6.79 Å². The van der Waals surface area contributed by atoms with Gasteiger partial charge in [-0.15, -0.1) is 0 Å². The van der Waals surface area contributed by atoms with Gasteiger partial charge in [-0.25, -0.2) is 9.50 Å². The van der Waals surface area contributed by atoms with E-state index < -0.39 is 0 Å². The van der Waals surface area contributed by atoms with Crippen LogP contribution in [0.4, 0.5) is 0 Å². The Hall–Kier alpha value is -2.56. The van der Waals surface area contributed by atoms with Gasteiger partial charge in [-0.3, -0.25) is 0 Å². The van der Waals surface area contributed by atoms with Crippen molar-refractivity contribution in [2.75, 3.05) is 6.79 Å². The van der Waals surface area contributed by atoms with Crippen molar-refractivity contribution in [2.45, 2.75) is 0 Å². The average molecular weight is 239 g/mol. The van der Waals surface area contributed by atoms with Crippen LogP contribution in [0.1, 0.15) is 0 Å². The predicted molar refractivity (Wildman–Crippen MR) is 64.5 cm³/mol. The first-order chi connectivity index (χ1) is 8.90. The second kappa shape index (κ2) is 3.46. The van der Waals surface area contributed by atoms with Gasteiger partial charge in [0.1, 0.15) is 6.33 Å². The molecule has 0 amide bonds.